The van der Waals surface area contributed by atoms with Crippen molar-refractivity contribution in [3.63, 3.8) is 0 Å². The lowest BCUT2D eigenvalue weighted by Crippen LogP contribution is -2.18. The zero-order chi connectivity index (χ0) is 20.2. The molecule has 1 aromatic heterocycles. The summed E-state index contributed by atoms with van der Waals surface area (Å²) in [6, 6.07) is 28.2. The van der Waals surface area contributed by atoms with Gasteiger partial charge in [0.1, 0.15) is 5.75 Å². The van der Waals surface area contributed by atoms with Crippen LogP contribution >= 0.6 is 0 Å². The third kappa shape index (κ3) is 4.06. The van der Waals surface area contributed by atoms with Gasteiger partial charge in [0.2, 0.25) is 0 Å². The van der Waals surface area contributed by atoms with E-state index in [-0.39, 0.29) is 6.04 Å². The number of aryl methyl sites for hydroxylation is 1. The highest BCUT2D eigenvalue weighted by atomic mass is 16.5. The molecule has 148 valence electrons. The van der Waals surface area contributed by atoms with Crippen LogP contribution < -0.4 is 10.1 Å². The van der Waals surface area contributed by atoms with Crippen molar-refractivity contribution in [2.45, 2.75) is 33.0 Å². The first kappa shape index (κ1) is 19.3. The highest BCUT2D eigenvalue weighted by Gasteiger charge is 2.11. The third-order valence-electron chi connectivity index (χ3n) is 5.56. The predicted molar refractivity (Wildman–Crippen MR) is 121 cm³/mol. The largest absolute Gasteiger partial charge is 0.497 e. The second kappa shape index (κ2) is 8.54. The molecule has 4 aromatic rings. The molecule has 0 bridgehead atoms. The van der Waals surface area contributed by atoms with Gasteiger partial charge < -0.3 is 14.6 Å². The van der Waals surface area contributed by atoms with Gasteiger partial charge in [0, 0.05) is 35.7 Å². The molecule has 0 aliphatic heterocycles. The number of rotatable bonds is 7. The van der Waals surface area contributed by atoms with E-state index in [0.29, 0.717) is 0 Å². The summed E-state index contributed by atoms with van der Waals surface area (Å²) in [6.07, 6.45) is 0. The number of methoxy groups -OCH3 is 1. The number of nitrogens with zero attached hydrogens (tertiary/aromatic N) is 1. The van der Waals surface area contributed by atoms with Crippen molar-refractivity contribution in [3.8, 4) is 17.0 Å². The van der Waals surface area contributed by atoms with Crippen molar-refractivity contribution >= 4 is 10.9 Å². The lowest BCUT2D eigenvalue weighted by atomic mass is 10.1. The Hall–Kier alpha value is -3.04. The first-order chi connectivity index (χ1) is 14.2. The van der Waals surface area contributed by atoms with Crippen molar-refractivity contribution in [1.29, 1.82) is 0 Å². The molecular formula is C26H28N2O. The molecule has 0 saturated carbocycles. The first-order valence-electron chi connectivity index (χ1n) is 10.2. The van der Waals surface area contributed by atoms with Gasteiger partial charge in [-0.05, 0) is 60.9 Å². The number of nitrogens with one attached hydrogen (secondary N) is 1. The van der Waals surface area contributed by atoms with Crippen LogP contribution in [0.25, 0.3) is 22.2 Å². The highest BCUT2D eigenvalue weighted by Crippen LogP contribution is 2.29. The summed E-state index contributed by atoms with van der Waals surface area (Å²) in [5, 5.41) is 4.93. The Morgan fingerprint density at radius 1 is 0.931 bits per heavy atom. The van der Waals surface area contributed by atoms with E-state index in [1.54, 1.807) is 7.11 Å². The number of ether oxygens (including phenoxy) is 1. The van der Waals surface area contributed by atoms with Crippen molar-refractivity contribution in [1.82, 2.24) is 9.88 Å². The molecule has 29 heavy (non-hydrogen) atoms. The van der Waals surface area contributed by atoms with Gasteiger partial charge in [0.05, 0.1) is 7.11 Å². The maximum Gasteiger partial charge on any atom is 0.119 e. The van der Waals surface area contributed by atoms with E-state index >= 15 is 0 Å². The average molecular weight is 385 g/mol. The van der Waals surface area contributed by atoms with Crippen LogP contribution in [0.5, 0.6) is 5.75 Å². The van der Waals surface area contributed by atoms with Gasteiger partial charge in [-0.15, -0.1) is 0 Å². The fraction of sp³-hybridized carbons (Fsp3) is 0.231. The normalized spacial score (nSPS) is 12.2. The molecule has 4 rings (SSSR count). The minimum atomic E-state index is 0.251. The van der Waals surface area contributed by atoms with E-state index in [1.807, 2.05) is 12.1 Å². The number of fused-ring (bicyclic) bond motifs is 1. The van der Waals surface area contributed by atoms with Crippen LogP contribution in [-0.4, -0.2) is 11.7 Å². The molecule has 0 amide bonds. The van der Waals surface area contributed by atoms with Crippen LogP contribution in [0.15, 0.2) is 78.9 Å². The molecule has 1 heterocycles. The fourth-order valence-electron chi connectivity index (χ4n) is 3.92. The molecule has 0 spiro atoms. The zero-order valence-corrected chi connectivity index (χ0v) is 17.4. The molecule has 0 fully saturated rings. The summed E-state index contributed by atoms with van der Waals surface area (Å²) >= 11 is 0. The Bertz CT molecular complexity index is 1100. The zero-order valence-electron chi connectivity index (χ0n) is 17.4. The minimum absolute atomic E-state index is 0.251. The quantitative estimate of drug-likeness (QED) is 0.411. The van der Waals surface area contributed by atoms with Gasteiger partial charge in [-0.3, -0.25) is 0 Å². The van der Waals surface area contributed by atoms with Gasteiger partial charge >= 0.3 is 0 Å². The molecule has 1 unspecified atom stereocenters. The highest BCUT2D eigenvalue weighted by molar-refractivity contribution is 5.87. The topological polar surface area (TPSA) is 26.2 Å². The molecule has 3 nitrogen and oxygen atoms in total. The van der Waals surface area contributed by atoms with Crippen molar-refractivity contribution in [2.75, 3.05) is 7.11 Å². The lowest BCUT2D eigenvalue weighted by molar-refractivity contribution is 0.413. The second-order valence-electron chi connectivity index (χ2n) is 7.41. The lowest BCUT2D eigenvalue weighted by Gasteiger charge is -2.15. The van der Waals surface area contributed by atoms with E-state index in [1.165, 1.54) is 33.3 Å². The predicted octanol–water partition coefficient (Wildman–Crippen LogP) is 6.19. The summed E-state index contributed by atoms with van der Waals surface area (Å²) in [5.74, 6) is 0.895. The summed E-state index contributed by atoms with van der Waals surface area (Å²) in [4.78, 5) is 0. The summed E-state index contributed by atoms with van der Waals surface area (Å²) in [6.45, 7) is 6.18. The molecule has 0 radical (unpaired) electrons. The number of benzene rings is 3. The fourth-order valence-corrected chi connectivity index (χ4v) is 3.92. The molecular weight excluding hydrogens is 356 g/mol. The molecule has 0 aliphatic carbocycles. The minimum Gasteiger partial charge on any atom is -0.497 e. The Morgan fingerprint density at radius 3 is 2.52 bits per heavy atom. The van der Waals surface area contributed by atoms with Crippen LogP contribution in [0.1, 0.15) is 31.0 Å². The smallest absolute Gasteiger partial charge is 0.119 e. The van der Waals surface area contributed by atoms with Crippen LogP contribution in [0, 0.1) is 0 Å². The number of hydrogen-bond donors (Lipinski definition) is 1. The summed E-state index contributed by atoms with van der Waals surface area (Å²) in [5.41, 5.74) is 6.35. The Morgan fingerprint density at radius 2 is 1.76 bits per heavy atom. The van der Waals surface area contributed by atoms with Crippen LogP contribution in [0.2, 0.25) is 0 Å². The number of aromatic nitrogens is 1. The van der Waals surface area contributed by atoms with E-state index in [9.17, 15) is 0 Å². The first-order valence-corrected chi connectivity index (χ1v) is 10.2. The summed E-state index contributed by atoms with van der Waals surface area (Å²) in [7, 11) is 1.71. The van der Waals surface area contributed by atoms with Crippen LogP contribution in [-0.2, 0) is 13.1 Å². The Labute approximate surface area is 172 Å². The van der Waals surface area contributed by atoms with Crippen molar-refractivity contribution in [3.05, 3.63) is 90.0 Å². The standard InChI is InChI=1S/C26H28N2O/c1-4-28-25-14-13-20(15-23(25)17-26(28)21-9-6-5-7-10-21)18-27-19(2)22-11-8-12-24(16-22)29-3/h5-17,19,27H,4,18H2,1-3H3. The van der Waals surface area contributed by atoms with Crippen molar-refractivity contribution < 1.29 is 4.74 Å². The molecule has 0 saturated heterocycles. The van der Waals surface area contributed by atoms with E-state index in [2.05, 4.69) is 90.5 Å². The molecule has 3 aromatic carbocycles. The van der Waals surface area contributed by atoms with Gasteiger partial charge in [-0.1, -0.05) is 48.5 Å². The molecule has 1 atom stereocenters. The van der Waals surface area contributed by atoms with E-state index < -0.39 is 0 Å². The molecule has 3 heteroatoms. The molecule has 0 aliphatic rings. The van der Waals surface area contributed by atoms with E-state index in [4.69, 9.17) is 4.74 Å². The maximum atomic E-state index is 5.35. The average Bonchev–Trinajstić information content (AvgIpc) is 3.16. The third-order valence-corrected chi connectivity index (χ3v) is 5.56. The monoisotopic (exact) mass is 384 g/mol. The van der Waals surface area contributed by atoms with Gasteiger partial charge in [0.25, 0.3) is 0 Å². The number of hydrogen-bond acceptors (Lipinski definition) is 2. The summed E-state index contributed by atoms with van der Waals surface area (Å²) < 4.78 is 7.74. The van der Waals surface area contributed by atoms with Crippen LogP contribution in [0.3, 0.4) is 0 Å². The van der Waals surface area contributed by atoms with Crippen LogP contribution in [0.4, 0.5) is 0 Å². The SMILES string of the molecule is CCn1c(-c2ccccc2)cc2cc(CNC(C)c3cccc(OC)c3)ccc21. The van der Waals surface area contributed by atoms with Gasteiger partial charge in [-0.25, -0.2) is 0 Å². The van der Waals surface area contributed by atoms with Gasteiger partial charge in [0.15, 0.2) is 0 Å². The molecule has 1 N–H and O–H groups in total. The Balaban J connectivity index is 1.56. The second-order valence-corrected chi connectivity index (χ2v) is 7.41. The maximum absolute atomic E-state index is 5.35. The van der Waals surface area contributed by atoms with Crippen molar-refractivity contribution in [2.24, 2.45) is 0 Å². The van der Waals surface area contributed by atoms with E-state index in [0.717, 1.165) is 18.8 Å². The van der Waals surface area contributed by atoms with Gasteiger partial charge in [-0.2, -0.15) is 0 Å². The Kier molecular flexibility index (Phi) is 5.68.